The van der Waals surface area contributed by atoms with E-state index >= 15 is 0 Å². The minimum atomic E-state index is 0.319. The van der Waals surface area contributed by atoms with Crippen LogP contribution in [0.4, 0.5) is 0 Å². The standard InChI is InChI=1S/C25H40N8O2S2/c1-3-34-22-8-5-10-28-20(22)18-36-16-14-32-24(26)30-12-7-13-31-25(27)33-15-17-37-19-21-23(35-4-2)9-6-11-29-21/h5-6,8-11H,3-4,7,12-19H2,1-2H3,(H3,26,30,32)(H3,27,31,33). The number of pyridine rings is 2. The highest BCUT2D eigenvalue weighted by molar-refractivity contribution is 7.98. The summed E-state index contributed by atoms with van der Waals surface area (Å²) in [6, 6.07) is 7.65. The molecule has 12 heteroatoms. The van der Waals surface area contributed by atoms with E-state index in [1.54, 1.807) is 35.9 Å². The molecule has 0 atom stereocenters. The minimum Gasteiger partial charge on any atom is -0.492 e. The molecule has 0 saturated carbocycles. The Bertz CT molecular complexity index is 862. The van der Waals surface area contributed by atoms with Crippen molar-refractivity contribution in [3.05, 3.63) is 48.0 Å². The topological polar surface area (TPSA) is 140 Å². The lowest BCUT2D eigenvalue weighted by Gasteiger charge is -2.13. The molecule has 2 aromatic heterocycles. The van der Waals surface area contributed by atoms with Gasteiger partial charge in [0, 0.05) is 61.6 Å². The van der Waals surface area contributed by atoms with Crippen LogP contribution in [0, 0.1) is 10.8 Å². The number of hydrogen-bond donors (Lipinski definition) is 6. The first kappa shape index (κ1) is 30.4. The zero-order valence-corrected chi connectivity index (χ0v) is 23.4. The molecule has 0 radical (unpaired) electrons. The van der Waals surface area contributed by atoms with E-state index in [4.69, 9.17) is 20.3 Å². The summed E-state index contributed by atoms with van der Waals surface area (Å²) in [5.41, 5.74) is 1.91. The monoisotopic (exact) mass is 548 g/mol. The third-order valence-electron chi connectivity index (χ3n) is 4.83. The van der Waals surface area contributed by atoms with Gasteiger partial charge in [0.05, 0.1) is 24.6 Å². The number of ether oxygens (including phenoxy) is 2. The molecule has 2 aromatic rings. The van der Waals surface area contributed by atoms with Gasteiger partial charge in [-0.2, -0.15) is 23.5 Å². The van der Waals surface area contributed by atoms with Crippen molar-refractivity contribution in [3.8, 4) is 11.5 Å². The Morgan fingerprint density at radius 1 is 0.730 bits per heavy atom. The van der Waals surface area contributed by atoms with Gasteiger partial charge in [-0.1, -0.05) is 0 Å². The summed E-state index contributed by atoms with van der Waals surface area (Å²) in [5.74, 6) is 5.61. The van der Waals surface area contributed by atoms with E-state index in [-0.39, 0.29) is 0 Å². The Hall–Kier alpha value is -2.86. The number of aromatic nitrogens is 2. The highest BCUT2D eigenvalue weighted by atomic mass is 32.2. The van der Waals surface area contributed by atoms with Gasteiger partial charge in [-0.15, -0.1) is 0 Å². The van der Waals surface area contributed by atoms with Gasteiger partial charge >= 0.3 is 0 Å². The smallest absolute Gasteiger partial charge is 0.188 e. The van der Waals surface area contributed by atoms with Crippen LogP contribution >= 0.6 is 23.5 Å². The summed E-state index contributed by atoms with van der Waals surface area (Å²) in [4.78, 5) is 8.78. The minimum absolute atomic E-state index is 0.319. The van der Waals surface area contributed by atoms with E-state index in [0.29, 0.717) is 51.3 Å². The van der Waals surface area contributed by atoms with Crippen LogP contribution in [0.3, 0.4) is 0 Å². The van der Waals surface area contributed by atoms with Gasteiger partial charge in [0.15, 0.2) is 11.9 Å². The summed E-state index contributed by atoms with van der Waals surface area (Å²) in [7, 11) is 0. The van der Waals surface area contributed by atoms with Crippen LogP contribution < -0.4 is 30.7 Å². The molecular weight excluding hydrogens is 508 g/mol. The number of guanidine groups is 2. The molecule has 0 bridgehead atoms. The van der Waals surface area contributed by atoms with Crippen molar-refractivity contribution in [2.24, 2.45) is 0 Å². The Labute approximate surface area is 228 Å². The summed E-state index contributed by atoms with van der Waals surface area (Å²) >= 11 is 3.51. The molecule has 2 rings (SSSR count). The van der Waals surface area contributed by atoms with Gasteiger partial charge in [-0.05, 0) is 44.5 Å². The van der Waals surface area contributed by atoms with Gasteiger partial charge < -0.3 is 30.7 Å². The molecule has 0 aliphatic carbocycles. The molecule has 37 heavy (non-hydrogen) atoms. The maximum Gasteiger partial charge on any atom is 0.188 e. The maximum absolute atomic E-state index is 7.97. The van der Waals surface area contributed by atoms with Crippen LogP contribution in [0.1, 0.15) is 31.7 Å². The lowest BCUT2D eigenvalue weighted by atomic mass is 10.3. The highest BCUT2D eigenvalue weighted by Gasteiger charge is 2.05. The molecule has 6 N–H and O–H groups in total. The lowest BCUT2D eigenvalue weighted by molar-refractivity contribution is 0.335. The zero-order valence-electron chi connectivity index (χ0n) is 21.8. The van der Waals surface area contributed by atoms with Gasteiger partial charge in [-0.3, -0.25) is 20.8 Å². The SMILES string of the molecule is CCOc1cccnc1CSCCNC(=N)NCCCNC(=N)NCCSCc1ncccc1OCC. The molecule has 0 spiro atoms. The van der Waals surface area contributed by atoms with Gasteiger partial charge in [0.2, 0.25) is 0 Å². The Morgan fingerprint density at radius 3 is 1.59 bits per heavy atom. The van der Waals surface area contributed by atoms with Crippen molar-refractivity contribution < 1.29 is 9.47 Å². The number of thioether (sulfide) groups is 2. The van der Waals surface area contributed by atoms with E-state index in [0.717, 1.165) is 52.3 Å². The molecule has 0 unspecified atom stereocenters. The highest BCUT2D eigenvalue weighted by Crippen LogP contribution is 2.21. The van der Waals surface area contributed by atoms with Crippen molar-refractivity contribution in [2.45, 2.75) is 31.8 Å². The van der Waals surface area contributed by atoms with E-state index in [1.807, 2.05) is 38.1 Å². The summed E-state index contributed by atoms with van der Waals surface area (Å²) in [6.45, 7) is 7.91. The van der Waals surface area contributed by atoms with Crippen LogP contribution in [-0.2, 0) is 11.5 Å². The van der Waals surface area contributed by atoms with E-state index in [2.05, 4.69) is 31.2 Å². The fourth-order valence-electron chi connectivity index (χ4n) is 3.11. The Morgan fingerprint density at radius 2 is 1.16 bits per heavy atom. The second-order valence-electron chi connectivity index (χ2n) is 7.68. The lowest BCUT2D eigenvalue weighted by Crippen LogP contribution is -2.40. The van der Waals surface area contributed by atoms with Crippen molar-refractivity contribution in [1.82, 2.24) is 31.2 Å². The Balaban J connectivity index is 1.42. The summed E-state index contributed by atoms with van der Waals surface area (Å²) < 4.78 is 11.2. The average molecular weight is 549 g/mol. The van der Waals surface area contributed by atoms with E-state index in [9.17, 15) is 0 Å². The molecular formula is C25H40N8O2S2. The molecule has 204 valence electrons. The van der Waals surface area contributed by atoms with Crippen LogP contribution in [0.2, 0.25) is 0 Å². The number of nitrogens with zero attached hydrogens (tertiary/aromatic N) is 2. The van der Waals surface area contributed by atoms with Crippen LogP contribution in [0.5, 0.6) is 11.5 Å². The van der Waals surface area contributed by atoms with Crippen LogP contribution in [-0.4, -0.2) is 72.8 Å². The normalized spacial score (nSPS) is 10.4. The molecule has 2 heterocycles. The van der Waals surface area contributed by atoms with E-state index < -0.39 is 0 Å². The largest absolute Gasteiger partial charge is 0.492 e. The molecule has 0 aliphatic rings. The van der Waals surface area contributed by atoms with Crippen molar-refractivity contribution in [3.63, 3.8) is 0 Å². The number of nitrogens with one attached hydrogen (secondary N) is 6. The average Bonchev–Trinajstić information content (AvgIpc) is 2.90. The van der Waals surface area contributed by atoms with Crippen LogP contribution in [0.15, 0.2) is 36.7 Å². The Kier molecular flexibility index (Phi) is 15.8. The van der Waals surface area contributed by atoms with Gasteiger partial charge in [-0.25, -0.2) is 0 Å². The predicted molar refractivity (Wildman–Crippen MR) is 155 cm³/mol. The quantitative estimate of drug-likeness (QED) is 0.0935. The van der Waals surface area contributed by atoms with E-state index in [1.165, 1.54) is 0 Å². The van der Waals surface area contributed by atoms with Gasteiger partial charge in [0.25, 0.3) is 0 Å². The third kappa shape index (κ3) is 13.3. The zero-order chi connectivity index (χ0) is 26.6. The number of rotatable bonds is 18. The first-order valence-electron chi connectivity index (χ1n) is 12.6. The fourth-order valence-corrected chi connectivity index (χ4v) is 4.71. The molecule has 0 aliphatic heterocycles. The second-order valence-corrected chi connectivity index (χ2v) is 9.89. The fraction of sp³-hybridized carbons (Fsp3) is 0.520. The van der Waals surface area contributed by atoms with Crippen molar-refractivity contribution in [2.75, 3.05) is 50.9 Å². The molecule has 0 fully saturated rings. The van der Waals surface area contributed by atoms with Gasteiger partial charge in [0.1, 0.15) is 11.5 Å². The van der Waals surface area contributed by atoms with Crippen molar-refractivity contribution in [1.29, 1.82) is 10.8 Å². The molecule has 0 aromatic carbocycles. The molecule has 10 nitrogen and oxygen atoms in total. The first-order valence-corrected chi connectivity index (χ1v) is 14.9. The predicted octanol–water partition coefficient (Wildman–Crippen LogP) is 3.06. The summed E-state index contributed by atoms with van der Waals surface area (Å²) in [5, 5.41) is 28.2. The summed E-state index contributed by atoms with van der Waals surface area (Å²) in [6.07, 6.45) is 4.37. The second kappa shape index (κ2) is 19.3. The maximum atomic E-state index is 7.97. The van der Waals surface area contributed by atoms with Crippen LogP contribution in [0.25, 0.3) is 0 Å². The third-order valence-corrected chi connectivity index (χ3v) is 6.77. The molecule has 0 amide bonds. The molecule has 0 saturated heterocycles. The number of hydrogen-bond acceptors (Lipinski definition) is 8. The first-order chi connectivity index (χ1) is 18.1. The van der Waals surface area contributed by atoms with Crippen molar-refractivity contribution >= 4 is 35.4 Å².